The van der Waals surface area contributed by atoms with E-state index in [4.69, 9.17) is 0 Å². The molecular formula is C17H27Cl2N5O. The molecule has 1 saturated heterocycles. The van der Waals surface area contributed by atoms with Crippen LogP contribution in [0, 0.1) is 6.92 Å². The second-order valence-electron chi connectivity index (χ2n) is 6.38. The Morgan fingerprint density at radius 3 is 2.76 bits per heavy atom. The quantitative estimate of drug-likeness (QED) is 0.820. The van der Waals surface area contributed by atoms with E-state index in [1.165, 1.54) is 5.56 Å². The number of piperidine rings is 1. The van der Waals surface area contributed by atoms with E-state index >= 15 is 0 Å². The Labute approximate surface area is 161 Å². The second-order valence-corrected chi connectivity index (χ2v) is 6.38. The highest BCUT2D eigenvalue weighted by atomic mass is 35.5. The van der Waals surface area contributed by atoms with Crippen LogP contribution >= 0.6 is 24.8 Å². The highest BCUT2D eigenvalue weighted by Crippen LogP contribution is 2.09. The molecule has 0 spiro atoms. The van der Waals surface area contributed by atoms with Crippen LogP contribution in [-0.4, -0.2) is 52.9 Å². The fourth-order valence-electron chi connectivity index (χ4n) is 3.09. The number of aromatic nitrogens is 2. The number of halogens is 2. The van der Waals surface area contributed by atoms with Crippen LogP contribution in [0.25, 0.3) is 5.65 Å². The number of likely N-dealkylation sites (N-methyl/N-ethyl adjacent to an activating group) is 1. The second kappa shape index (κ2) is 9.97. The number of fused-ring (bicyclic) bond motifs is 1. The van der Waals surface area contributed by atoms with Crippen molar-refractivity contribution in [3.05, 3.63) is 35.8 Å². The summed E-state index contributed by atoms with van der Waals surface area (Å²) < 4.78 is 2.00. The monoisotopic (exact) mass is 387 g/mol. The third-order valence-corrected chi connectivity index (χ3v) is 4.44. The van der Waals surface area contributed by atoms with E-state index in [0.717, 1.165) is 37.3 Å². The van der Waals surface area contributed by atoms with E-state index in [1.807, 2.05) is 36.0 Å². The summed E-state index contributed by atoms with van der Waals surface area (Å²) in [6.07, 6.45) is 6.23. The maximum Gasteiger partial charge on any atom is 0.234 e. The topological polar surface area (TPSA) is 61.7 Å². The predicted octanol–water partition coefficient (Wildman–Crippen LogP) is 1.79. The van der Waals surface area contributed by atoms with Crippen molar-refractivity contribution in [2.75, 3.05) is 26.7 Å². The van der Waals surface area contributed by atoms with Crippen LogP contribution in [0.1, 0.15) is 24.1 Å². The zero-order chi connectivity index (χ0) is 16.2. The largest absolute Gasteiger partial charge is 0.349 e. The highest BCUT2D eigenvalue weighted by molar-refractivity contribution is 5.85. The lowest BCUT2D eigenvalue weighted by molar-refractivity contribution is -0.122. The molecule has 3 heterocycles. The average molecular weight is 388 g/mol. The Hall–Kier alpha value is -1.34. The van der Waals surface area contributed by atoms with Gasteiger partial charge in [0, 0.05) is 18.4 Å². The number of imidazole rings is 1. The fraction of sp³-hybridized carbons (Fsp3) is 0.529. The number of nitrogens with one attached hydrogen (secondary N) is 2. The number of hydrogen-bond acceptors (Lipinski definition) is 4. The number of hydrogen-bond donors (Lipinski definition) is 2. The molecule has 0 bridgehead atoms. The minimum Gasteiger partial charge on any atom is -0.349 e. The van der Waals surface area contributed by atoms with Crippen molar-refractivity contribution in [1.82, 2.24) is 24.9 Å². The Morgan fingerprint density at radius 1 is 1.32 bits per heavy atom. The Bertz CT molecular complexity index is 685. The van der Waals surface area contributed by atoms with Gasteiger partial charge in [0.2, 0.25) is 5.91 Å². The molecule has 6 nitrogen and oxygen atoms in total. The maximum absolute atomic E-state index is 12.1. The van der Waals surface area contributed by atoms with Gasteiger partial charge in [0.15, 0.2) is 0 Å². The maximum atomic E-state index is 12.1. The van der Waals surface area contributed by atoms with Crippen LogP contribution in [0.5, 0.6) is 0 Å². The van der Waals surface area contributed by atoms with E-state index in [9.17, 15) is 4.79 Å². The van der Waals surface area contributed by atoms with Gasteiger partial charge in [0.05, 0.1) is 18.8 Å². The third-order valence-electron chi connectivity index (χ3n) is 4.44. The minimum absolute atomic E-state index is 0. The summed E-state index contributed by atoms with van der Waals surface area (Å²) in [5.41, 5.74) is 2.98. The molecule has 0 unspecified atom stereocenters. The van der Waals surface area contributed by atoms with Gasteiger partial charge in [-0.1, -0.05) is 6.07 Å². The van der Waals surface area contributed by atoms with Crippen molar-refractivity contribution in [2.24, 2.45) is 0 Å². The molecule has 0 aromatic carbocycles. The molecule has 8 heteroatoms. The Balaban J connectivity index is 0.00000156. The van der Waals surface area contributed by atoms with Crippen molar-refractivity contribution in [3.63, 3.8) is 0 Å². The number of carbonyl (C=O) groups excluding carboxylic acids is 1. The number of carbonyl (C=O) groups is 1. The highest BCUT2D eigenvalue weighted by Gasteiger charge is 2.19. The van der Waals surface area contributed by atoms with Gasteiger partial charge in [-0.05, 0) is 51.5 Å². The molecular weight excluding hydrogens is 361 g/mol. The number of pyridine rings is 1. The van der Waals surface area contributed by atoms with Gasteiger partial charge in [0.1, 0.15) is 5.65 Å². The van der Waals surface area contributed by atoms with Gasteiger partial charge in [-0.15, -0.1) is 24.8 Å². The first-order chi connectivity index (χ1) is 11.1. The summed E-state index contributed by atoms with van der Waals surface area (Å²) in [5.74, 6) is 0.0549. The summed E-state index contributed by atoms with van der Waals surface area (Å²) in [6.45, 7) is 5.04. The lowest BCUT2D eigenvalue weighted by Gasteiger charge is -2.31. The van der Waals surface area contributed by atoms with Crippen molar-refractivity contribution in [1.29, 1.82) is 0 Å². The molecule has 25 heavy (non-hydrogen) atoms. The fourth-order valence-corrected chi connectivity index (χ4v) is 3.09. The van der Waals surface area contributed by atoms with Crippen LogP contribution < -0.4 is 10.6 Å². The summed E-state index contributed by atoms with van der Waals surface area (Å²) >= 11 is 0. The third kappa shape index (κ3) is 5.85. The van der Waals surface area contributed by atoms with E-state index in [2.05, 4.69) is 27.4 Å². The average Bonchev–Trinajstić information content (AvgIpc) is 2.95. The Morgan fingerprint density at radius 2 is 2.04 bits per heavy atom. The standard InChI is InChI=1S/C17H25N5O.2ClH/c1-13-3-4-16-20-14(11-22(16)10-13)9-19-17(23)12-21(2)15-5-7-18-8-6-15;;/h3-4,10-11,15,18H,5-9,12H2,1-2H3,(H,19,23);2*1H. The molecule has 1 aliphatic heterocycles. The SMILES string of the molecule is Cc1ccc2nc(CNC(=O)CN(C)C3CCNCC3)cn2c1.Cl.Cl. The summed E-state index contributed by atoms with van der Waals surface area (Å²) in [6, 6.07) is 4.53. The van der Waals surface area contributed by atoms with Gasteiger partial charge in [-0.3, -0.25) is 9.69 Å². The van der Waals surface area contributed by atoms with E-state index in [-0.39, 0.29) is 30.7 Å². The van der Waals surface area contributed by atoms with Crippen LogP contribution in [0.2, 0.25) is 0 Å². The molecule has 3 rings (SSSR count). The zero-order valence-electron chi connectivity index (χ0n) is 14.7. The predicted molar refractivity (Wildman–Crippen MR) is 105 cm³/mol. The van der Waals surface area contributed by atoms with Crippen molar-refractivity contribution >= 4 is 36.4 Å². The Kier molecular flexibility index (Phi) is 8.65. The van der Waals surface area contributed by atoms with Crippen molar-refractivity contribution < 1.29 is 4.79 Å². The van der Waals surface area contributed by atoms with E-state index in [0.29, 0.717) is 19.1 Å². The van der Waals surface area contributed by atoms with E-state index in [1.54, 1.807) is 0 Å². The number of aryl methyl sites for hydroxylation is 1. The minimum atomic E-state index is 0. The van der Waals surface area contributed by atoms with Gasteiger partial charge >= 0.3 is 0 Å². The van der Waals surface area contributed by atoms with Gasteiger partial charge in [-0.2, -0.15) is 0 Å². The molecule has 2 N–H and O–H groups in total. The molecule has 0 saturated carbocycles. The first-order valence-electron chi connectivity index (χ1n) is 8.24. The first kappa shape index (κ1) is 21.7. The molecule has 1 aliphatic rings. The van der Waals surface area contributed by atoms with Gasteiger partial charge in [-0.25, -0.2) is 4.98 Å². The summed E-state index contributed by atoms with van der Waals surface area (Å²) in [7, 11) is 2.03. The van der Waals surface area contributed by atoms with Gasteiger partial charge < -0.3 is 15.0 Å². The molecule has 2 aromatic heterocycles. The molecule has 1 fully saturated rings. The van der Waals surface area contributed by atoms with Crippen molar-refractivity contribution in [2.45, 2.75) is 32.4 Å². The van der Waals surface area contributed by atoms with Crippen LogP contribution in [0.4, 0.5) is 0 Å². The van der Waals surface area contributed by atoms with Crippen LogP contribution in [0.3, 0.4) is 0 Å². The van der Waals surface area contributed by atoms with Gasteiger partial charge in [0.25, 0.3) is 0 Å². The molecule has 2 aromatic rings. The van der Waals surface area contributed by atoms with Crippen molar-refractivity contribution in [3.8, 4) is 0 Å². The number of nitrogens with zero attached hydrogens (tertiary/aromatic N) is 3. The van der Waals surface area contributed by atoms with E-state index < -0.39 is 0 Å². The smallest absolute Gasteiger partial charge is 0.234 e. The number of amides is 1. The summed E-state index contributed by atoms with van der Waals surface area (Å²) in [5, 5.41) is 6.32. The first-order valence-corrected chi connectivity index (χ1v) is 8.24. The molecule has 0 radical (unpaired) electrons. The molecule has 140 valence electrons. The lowest BCUT2D eigenvalue weighted by atomic mass is 10.1. The molecule has 1 amide bonds. The zero-order valence-corrected chi connectivity index (χ0v) is 16.3. The van der Waals surface area contributed by atoms with Crippen LogP contribution in [0.15, 0.2) is 24.5 Å². The molecule has 0 aliphatic carbocycles. The number of rotatable bonds is 5. The van der Waals surface area contributed by atoms with Crippen LogP contribution in [-0.2, 0) is 11.3 Å². The summed E-state index contributed by atoms with van der Waals surface area (Å²) in [4.78, 5) is 18.8. The normalized spacial score (nSPS) is 14.8. The molecule has 0 atom stereocenters. The lowest BCUT2D eigenvalue weighted by Crippen LogP contribution is -2.45.